The Balaban J connectivity index is 1.47. The number of benzene rings is 1. The zero-order valence-electron chi connectivity index (χ0n) is 14.9. The topological polar surface area (TPSA) is 88.1 Å². The molecule has 4 rings (SSSR count). The van der Waals surface area contributed by atoms with E-state index in [-0.39, 0.29) is 0 Å². The van der Waals surface area contributed by atoms with Crippen LogP contribution in [0.3, 0.4) is 0 Å². The fourth-order valence-electron chi connectivity index (χ4n) is 2.92. The van der Waals surface area contributed by atoms with Crippen LogP contribution in [0, 0.1) is 0 Å². The van der Waals surface area contributed by atoms with Gasteiger partial charge in [0.05, 0.1) is 30.8 Å². The Hall–Kier alpha value is -3.26. The normalized spacial score (nSPS) is 14.0. The summed E-state index contributed by atoms with van der Waals surface area (Å²) in [4.78, 5) is 10.9. The van der Waals surface area contributed by atoms with Crippen molar-refractivity contribution in [2.45, 2.75) is 6.54 Å². The van der Waals surface area contributed by atoms with E-state index in [1.54, 1.807) is 12.4 Å². The summed E-state index contributed by atoms with van der Waals surface area (Å²) in [5.41, 5.74) is 3.13. The Labute approximate surface area is 157 Å². The van der Waals surface area contributed by atoms with Crippen molar-refractivity contribution in [3.63, 3.8) is 0 Å². The Kier molecular flexibility index (Phi) is 5.35. The highest BCUT2D eigenvalue weighted by Gasteiger charge is 2.15. The minimum Gasteiger partial charge on any atom is -0.378 e. The van der Waals surface area contributed by atoms with Crippen molar-refractivity contribution in [1.82, 2.24) is 20.2 Å². The quantitative estimate of drug-likeness (QED) is 0.690. The molecule has 1 aliphatic rings. The molecule has 0 atom stereocenters. The number of nitrogens with zero attached hydrogens (tertiary/aromatic N) is 5. The Morgan fingerprint density at radius 2 is 1.93 bits per heavy atom. The molecule has 27 heavy (non-hydrogen) atoms. The number of para-hydroxylation sites is 2. The molecular formula is C19H21N7O. The van der Waals surface area contributed by atoms with Crippen molar-refractivity contribution >= 4 is 23.1 Å². The predicted molar refractivity (Wildman–Crippen MR) is 104 cm³/mol. The Bertz CT molecular complexity index is 869. The third kappa shape index (κ3) is 4.48. The average molecular weight is 363 g/mol. The molecule has 0 aliphatic carbocycles. The zero-order valence-corrected chi connectivity index (χ0v) is 14.9. The van der Waals surface area contributed by atoms with Crippen LogP contribution in [0.15, 0.2) is 55.0 Å². The summed E-state index contributed by atoms with van der Waals surface area (Å²) in [5, 5.41) is 14.7. The lowest BCUT2D eigenvalue weighted by atomic mass is 10.2. The van der Waals surface area contributed by atoms with Crippen LogP contribution in [-0.2, 0) is 11.3 Å². The largest absolute Gasteiger partial charge is 0.378 e. The first kappa shape index (κ1) is 17.2. The first-order valence-electron chi connectivity index (χ1n) is 8.90. The maximum atomic E-state index is 5.45. The van der Waals surface area contributed by atoms with Gasteiger partial charge < -0.3 is 20.3 Å². The van der Waals surface area contributed by atoms with Gasteiger partial charge in [-0.05, 0) is 23.8 Å². The molecule has 1 aromatic carbocycles. The highest BCUT2D eigenvalue weighted by atomic mass is 16.5. The zero-order chi connectivity index (χ0) is 18.3. The van der Waals surface area contributed by atoms with E-state index < -0.39 is 0 Å². The van der Waals surface area contributed by atoms with Gasteiger partial charge in [0.25, 0.3) is 0 Å². The first-order chi connectivity index (χ1) is 13.4. The molecule has 138 valence electrons. The molecule has 3 aromatic rings. The lowest BCUT2D eigenvalue weighted by Crippen LogP contribution is -2.36. The van der Waals surface area contributed by atoms with Crippen LogP contribution < -0.4 is 15.5 Å². The molecule has 1 saturated heterocycles. The highest BCUT2D eigenvalue weighted by molar-refractivity contribution is 5.73. The molecular weight excluding hydrogens is 342 g/mol. The van der Waals surface area contributed by atoms with Crippen LogP contribution in [0.4, 0.5) is 23.1 Å². The van der Waals surface area contributed by atoms with E-state index in [9.17, 15) is 0 Å². The number of nitrogens with one attached hydrogen (secondary N) is 2. The molecule has 8 heteroatoms. The van der Waals surface area contributed by atoms with Gasteiger partial charge in [-0.15, -0.1) is 5.10 Å². The molecule has 0 saturated carbocycles. The van der Waals surface area contributed by atoms with Crippen LogP contribution >= 0.6 is 0 Å². The summed E-state index contributed by atoms with van der Waals surface area (Å²) >= 11 is 0. The van der Waals surface area contributed by atoms with Crippen molar-refractivity contribution in [1.29, 1.82) is 0 Å². The van der Waals surface area contributed by atoms with Crippen LogP contribution in [0.25, 0.3) is 0 Å². The van der Waals surface area contributed by atoms with Crippen molar-refractivity contribution in [2.24, 2.45) is 0 Å². The Morgan fingerprint density at radius 1 is 1.04 bits per heavy atom. The maximum absolute atomic E-state index is 5.45. The minimum atomic E-state index is 0.451. The smallest absolute Gasteiger partial charge is 0.249 e. The standard InChI is InChI=1S/C19H21N7O/c1-2-6-17(26-8-10-27-11-9-26)16(5-1)23-19-24-18(14-22-25-19)21-13-15-4-3-7-20-12-15/h1-7,12,14H,8-11,13H2,(H2,21,23,24,25). The van der Waals surface area contributed by atoms with Crippen LogP contribution in [0.1, 0.15) is 5.56 Å². The summed E-state index contributed by atoms with van der Waals surface area (Å²) in [6, 6.07) is 12.0. The van der Waals surface area contributed by atoms with E-state index in [1.807, 2.05) is 36.5 Å². The second kappa shape index (κ2) is 8.41. The third-order valence-corrected chi connectivity index (χ3v) is 4.26. The molecule has 0 amide bonds. The summed E-state index contributed by atoms with van der Waals surface area (Å²) in [6.07, 6.45) is 5.18. The predicted octanol–water partition coefficient (Wildman–Crippen LogP) is 2.46. The summed E-state index contributed by atoms with van der Waals surface area (Å²) in [6.45, 7) is 3.83. The van der Waals surface area contributed by atoms with E-state index in [0.717, 1.165) is 43.2 Å². The van der Waals surface area contributed by atoms with Gasteiger partial charge in [0.1, 0.15) is 0 Å². The number of pyridine rings is 1. The van der Waals surface area contributed by atoms with Crippen LogP contribution in [0.5, 0.6) is 0 Å². The van der Waals surface area contributed by atoms with Gasteiger partial charge in [-0.3, -0.25) is 4.98 Å². The van der Waals surface area contributed by atoms with Gasteiger partial charge in [0.15, 0.2) is 5.82 Å². The second-order valence-electron chi connectivity index (χ2n) is 6.12. The number of aromatic nitrogens is 4. The van der Waals surface area contributed by atoms with Crippen molar-refractivity contribution in [3.05, 3.63) is 60.6 Å². The average Bonchev–Trinajstić information content (AvgIpc) is 2.74. The molecule has 8 nitrogen and oxygen atoms in total. The maximum Gasteiger partial charge on any atom is 0.249 e. The SMILES string of the molecule is c1cncc(CNc2cnnc(Nc3ccccc3N3CCOCC3)n2)c1. The fraction of sp³-hybridized carbons (Fsp3) is 0.263. The number of morpholine rings is 1. The third-order valence-electron chi connectivity index (χ3n) is 4.26. The first-order valence-corrected chi connectivity index (χ1v) is 8.90. The van der Waals surface area contributed by atoms with E-state index in [4.69, 9.17) is 4.74 Å². The van der Waals surface area contributed by atoms with Crippen molar-refractivity contribution in [2.75, 3.05) is 41.8 Å². The molecule has 1 fully saturated rings. The molecule has 0 bridgehead atoms. The monoisotopic (exact) mass is 363 g/mol. The summed E-state index contributed by atoms with van der Waals surface area (Å²) in [5.74, 6) is 1.10. The van der Waals surface area contributed by atoms with Gasteiger partial charge in [-0.2, -0.15) is 10.1 Å². The van der Waals surface area contributed by atoms with Gasteiger partial charge in [-0.1, -0.05) is 18.2 Å². The number of hydrogen-bond acceptors (Lipinski definition) is 8. The lowest BCUT2D eigenvalue weighted by Gasteiger charge is -2.30. The molecule has 2 N–H and O–H groups in total. The van der Waals surface area contributed by atoms with E-state index >= 15 is 0 Å². The van der Waals surface area contributed by atoms with Gasteiger partial charge >= 0.3 is 0 Å². The van der Waals surface area contributed by atoms with Crippen LogP contribution in [0.2, 0.25) is 0 Å². The molecule has 1 aliphatic heterocycles. The number of ether oxygens (including phenoxy) is 1. The van der Waals surface area contributed by atoms with E-state index in [1.165, 1.54) is 0 Å². The molecule has 0 unspecified atom stereocenters. The highest BCUT2D eigenvalue weighted by Crippen LogP contribution is 2.28. The fourth-order valence-corrected chi connectivity index (χ4v) is 2.92. The summed E-state index contributed by atoms with van der Waals surface area (Å²) in [7, 11) is 0. The lowest BCUT2D eigenvalue weighted by molar-refractivity contribution is 0.123. The number of hydrogen-bond donors (Lipinski definition) is 2. The molecule has 3 heterocycles. The van der Waals surface area contributed by atoms with E-state index in [0.29, 0.717) is 18.3 Å². The van der Waals surface area contributed by atoms with Gasteiger partial charge in [0, 0.05) is 32.0 Å². The van der Waals surface area contributed by atoms with Crippen LogP contribution in [-0.4, -0.2) is 46.5 Å². The van der Waals surface area contributed by atoms with Crippen molar-refractivity contribution < 1.29 is 4.74 Å². The van der Waals surface area contributed by atoms with Gasteiger partial charge in [0.2, 0.25) is 5.95 Å². The Morgan fingerprint density at radius 3 is 2.78 bits per heavy atom. The number of anilines is 4. The van der Waals surface area contributed by atoms with Crippen molar-refractivity contribution in [3.8, 4) is 0 Å². The second-order valence-corrected chi connectivity index (χ2v) is 6.12. The minimum absolute atomic E-state index is 0.451. The van der Waals surface area contributed by atoms with Gasteiger partial charge in [-0.25, -0.2) is 0 Å². The van der Waals surface area contributed by atoms with E-state index in [2.05, 4.69) is 41.8 Å². The number of rotatable bonds is 6. The molecule has 0 spiro atoms. The molecule has 0 radical (unpaired) electrons. The summed E-state index contributed by atoms with van der Waals surface area (Å²) < 4.78 is 5.45. The molecule has 2 aromatic heterocycles.